The van der Waals surface area contributed by atoms with Crippen molar-refractivity contribution in [2.75, 3.05) is 0 Å². The van der Waals surface area contributed by atoms with E-state index in [2.05, 4.69) is 5.32 Å². The molecule has 0 atom stereocenters. The van der Waals surface area contributed by atoms with Crippen LogP contribution in [0.1, 0.15) is 39.2 Å². The molecule has 1 aromatic carbocycles. The van der Waals surface area contributed by atoms with Gasteiger partial charge in [-0.1, -0.05) is 0 Å². The number of carbonyl (C=O) groups is 1. The normalized spacial score (nSPS) is 21.0. The van der Waals surface area contributed by atoms with E-state index in [0.29, 0.717) is 18.6 Å². The van der Waals surface area contributed by atoms with Crippen molar-refractivity contribution in [3.63, 3.8) is 0 Å². The molecule has 22 heavy (non-hydrogen) atoms. The van der Waals surface area contributed by atoms with Gasteiger partial charge in [-0.3, -0.25) is 0 Å². The molecule has 0 radical (unpaired) electrons. The summed E-state index contributed by atoms with van der Waals surface area (Å²) >= 11 is 0. The van der Waals surface area contributed by atoms with Crippen LogP contribution in [-0.2, 0) is 11.4 Å². The first kappa shape index (κ1) is 16.5. The average Bonchev–Trinajstić information content (AvgIpc) is 2.36. The molecule has 0 heterocycles. The number of nitrogens with one attached hydrogen (secondary N) is 1. The minimum Gasteiger partial charge on any atom is -0.490 e. The number of hydrogen-bond donors (Lipinski definition) is 1. The Balaban J connectivity index is 1.77. The summed E-state index contributed by atoms with van der Waals surface area (Å²) in [6, 6.07) is 4.04. The predicted molar refractivity (Wildman–Crippen MR) is 78.0 cm³/mol. The third kappa shape index (κ3) is 4.58. The fourth-order valence-electron chi connectivity index (χ4n) is 2.17. The highest BCUT2D eigenvalue weighted by atomic mass is 19.1. The standard InChI is InChI=1S/C16H21F2NO3/c1-16(2,3)22-15(20)19-11-7-13(8-11)21-12-4-5-14(18)10(6-12)9-17/h4-6,11,13H,7-9H2,1-3H3,(H,19,20). The van der Waals surface area contributed by atoms with Crippen molar-refractivity contribution in [2.24, 2.45) is 0 Å². The first-order chi connectivity index (χ1) is 10.3. The first-order valence-electron chi connectivity index (χ1n) is 7.27. The smallest absolute Gasteiger partial charge is 0.407 e. The van der Waals surface area contributed by atoms with Crippen LogP contribution in [-0.4, -0.2) is 23.8 Å². The summed E-state index contributed by atoms with van der Waals surface area (Å²) in [7, 11) is 0. The van der Waals surface area contributed by atoms with Crippen molar-refractivity contribution in [1.82, 2.24) is 5.32 Å². The Morgan fingerprint density at radius 2 is 2.05 bits per heavy atom. The summed E-state index contributed by atoms with van der Waals surface area (Å²) in [5.41, 5.74) is -0.541. The van der Waals surface area contributed by atoms with E-state index in [-0.39, 0.29) is 17.7 Å². The SMILES string of the molecule is CC(C)(C)OC(=O)NC1CC(Oc2ccc(F)c(CF)c2)C1. The van der Waals surface area contributed by atoms with Crippen LogP contribution in [0.4, 0.5) is 13.6 Å². The quantitative estimate of drug-likeness (QED) is 0.921. The van der Waals surface area contributed by atoms with E-state index in [1.807, 2.05) is 0 Å². The lowest BCUT2D eigenvalue weighted by molar-refractivity contribution is 0.0362. The van der Waals surface area contributed by atoms with Gasteiger partial charge in [0.25, 0.3) is 0 Å². The van der Waals surface area contributed by atoms with E-state index in [0.717, 1.165) is 0 Å². The largest absolute Gasteiger partial charge is 0.490 e. The Morgan fingerprint density at radius 1 is 1.36 bits per heavy atom. The van der Waals surface area contributed by atoms with Crippen LogP contribution >= 0.6 is 0 Å². The molecule has 0 aromatic heterocycles. The second-order valence-electron chi connectivity index (χ2n) is 6.44. The van der Waals surface area contributed by atoms with Gasteiger partial charge in [0.15, 0.2) is 0 Å². The zero-order chi connectivity index (χ0) is 16.3. The molecule has 4 nitrogen and oxygen atoms in total. The summed E-state index contributed by atoms with van der Waals surface area (Å²) in [6.45, 7) is 4.54. The summed E-state index contributed by atoms with van der Waals surface area (Å²) in [5, 5.41) is 2.76. The zero-order valence-electron chi connectivity index (χ0n) is 13.0. The van der Waals surface area contributed by atoms with E-state index in [9.17, 15) is 13.6 Å². The molecule has 0 bridgehead atoms. The number of benzene rings is 1. The number of rotatable bonds is 4. The number of alkyl carbamates (subject to hydrolysis) is 1. The Hall–Kier alpha value is -1.85. The maximum atomic E-state index is 13.2. The molecule has 0 saturated heterocycles. The summed E-state index contributed by atoms with van der Waals surface area (Å²) in [4.78, 5) is 11.6. The second kappa shape index (κ2) is 6.50. The van der Waals surface area contributed by atoms with E-state index >= 15 is 0 Å². The van der Waals surface area contributed by atoms with E-state index in [1.54, 1.807) is 20.8 Å². The highest BCUT2D eigenvalue weighted by molar-refractivity contribution is 5.68. The van der Waals surface area contributed by atoms with Crippen LogP contribution in [0.5, 0.6) is 5.75 Å². The summed E-state index contributed by atoms with van der Waals surface area (Å²) in [5.74, 6) is -0.136. The molecule has 0 aliphatic heterocycles. The monoisotopic (exact) mass is 313 g/mol. The topological polar surface area (TPSA) is 47.6 Å². The minimum atomic E-state index is -0.865. The van der Waals surface area contributed by atoms with E-state index in [4.69, 9.17) is 9.47 Å². The fourth-order valence-corrected chi connectivity index (χ4v) is 2.17. The molecule has 1 aliphatic carbocycles. The molecule has 1 fully saturated rings. The van der Waals surface area contributed by atoms with Crippen LogP contribution < -0.4 is 10.1 Å². The molecule has 1 aliphatic rings. The average molecular weight is 313 g/mol. The van der Waals surface area contributed by atoms with Crippen molar-refractivity contribution < 1.29 is 23.0 Å². The Bertz CT molecular complexity index is 537. The van der Waals surface area contributed by atoms with Crippen LogP contribution in [0, 0.1) is 5.82 Å². The van der Waals surface area contributed by atoms with Crippen LogP contribution in [0.3, 0.4) is 0 Å². The zero-order valence-corrected chi connectivity index (χ0v) is 13.0. The van der Waals surface area contributed by atoms with Gasteiger partial charge in [0.05, 0.1) is 0 Å². The molecule has 0 spiro atoms. The number of carbonyl (C=O) groups excluding carboxylic acids is 1. The van der Waals surface area contributed by atoms with Crippen molar-refractivity contribution >= 4 is 6.09 Å². The Morgan fingerprint density at radius 3 is 2.64 bits per heavy atom. The van der Waals surface area contributed by atoms with E-state index in [1.165, 1.54) is 18.2 Å². The maximum absolute atomic E-state index is 13.2. The van der Waals surface area contributed by atoms with Crippen molar-refractivity contribution in [3.05, 3.63) is 29.6 Å². The number of halogens is 2. The van der Waals surface area contributed by atoms with Gasteiger partial charge in [0, 0.05) is 24.4 Å². The molecule has 0 unspecified atom stereocenters. The Kier molecular flexibility index (Phi) is 4.88. The molecule has 6 heteroatoms. The van der Waals surface area contributed by atoms with Gasteiger partial charge in [0.1, 0.15) is 29.9 Å². The lowest BCUT2D eigenvalue weighted by Crippen LogP contribution is -2.50. The molecular weight excluding hydrogens is 292 g/mol. The number of ether oxygens (including phenoxy) is 2. The van der Waals surface area contributed by atoms with Gasteiger partial charge in [0.2, 0.25) is 0 Å². The molecule has 1 aromatic rings. The van der Waals surface area contributed by atoms with Crippen LogP contribution in [0.2, 0.25) is 0 Å². The van der Waals surface area contributed by atoms with Crippen molar-refractivity contribution in [1.29, 1.82) is 0 Å². The van der Waals surface area contributed by atoms with Gasteiger partial charge in [-0.15, -0.1) is 0 Å². The number of hydrogen-bond acceptors (Lipinski definition) is 3. The van der Waals surface area contributed by atoms with Gasteiger partial charge in [-0.25, -0.2) is 13.6 Å². The molecule has 1 N–H and O–H groups in total. The third-order valence-electron chi connectivity index (χ3n) is 3.28. The molecule has 1 saturated carbocycles. The van der Waals surface area contributed by atoms with Gasteiger partial charge < -0.3 is 14.8 Å². The van der Waals surface area contributed by atoms with Crippen LogP contribution in [0.15, 0.2) is 18.2 Å². The fraction of sp³-hybridized carbons (Fsp3) is 0.562. The van der Waals surface area contributed by atoms with Gasteiger partial charge in [-0.05, 0) is 39.0 Å². The van der Waals surface area contributed by atoms with Crippen molar-refractivity contribution in [2.45, 2.75) is 58.0 Å². The second-order valence-corrected chi connectivity index (χ2v) is 6.44. The summed E-state index contributed by atoms with van der Waals surface area (Å²) in [6.07, 6.45) is 0.763. The highest BCUT2D eigenvalue weighted by Crippen LogP contribution is 2.27. The summed E-state index contributed by atoms with van der Waals surface area (Å²) < 4.78 is 36.6. The van der Waals surface area contributed by atoms with E-state index < -0.39 is 24.2 Å². The molecule has 122 valence electrons. The third-order valence-corrected chi connectivity index (χ3v) is 3.28. The maximum Gasteiger partial charge on any atom is 0.407 e. The molecular formula is C16H21F2NO3. The first-order valence-corrected chi connectivity index (χ1v) is 7.27. The number of amides is 1. The van der Waals surface area contributed by atoms with Crippen LogP contribution in [0.25, 0.3) is 0 Å². The Labute approximate surface area is 128 Å². The predicted octanol–water partition coefficient (Wildman–Crippen LogP) is 3.73. The molecule has 1 amide bonds. The van der Waals surface area contributed by atoms with Crippen molar-refractivity contribution in [3.8, 4) is 5.75 Å². The lowest BCUT2D eigenvalue weighted by atomic mass is 9.89. The van der Waals surface area contributed by atoms with Gasteiger partial charge in [-0.2, -0.15) is 0 Å². The highest BCUT2D eigenvalue weighted by Gasteiger charge is 2.33. The minimum absolute atomic E-state index is 0.000874. The lowest BCUT2D eigenvalue weighted by Gasteiger charge is -2.36. The molecule has 2 rings (SSSR count). The van der Waals surface area contributed by atoms with Gasteiger partial charge >= 0.3 is 6.09 Å². The number of alkyl halides is 1.